The highest BCUT2D eigenvalue weighted by molar-refractivity contribution is 5.70. The number of hydrogen-bond donors (Lipinski definition) is 1. The second-order valence-electron chi connectivity index (χ2n) is 4.07. The lowest BCUT2D eigenvalue weighted by atomic mass is 10.1. The van der Waals surface area contributed by atoms with Crippen LogP contribution in [0.3, 0.4) is 0 Å². The minimum atomic E-state index is -0.247. The molecule has 1 rings (SSSR count). The molecule has 0 atom stereocenters. The fourth-order valence-corrected chi connectivity index (χ4v) is 1.54. The van der Waals surface area contributed by atoms with Gasteiger partial charge in [-0.05, 0) is 32.4 Å². The van der Waals surface area contributed by atoms with E-state index in [0.29, 0.717) is 18.5 Å². The first kappa shape index (κ1) is 13.4. The Balaban J connectivity index is 2.83. The van der Waals surface area contributed by atoms with Crippen molar-refractivity contribution in [3.63, 3.8) is 0 Å². The molecule has 94 valence electrons. The van der Waals surface area contributed by atoms with Gasteiger partial charge in [0, 0.05) is 17.7 Å². The Bertz CT molecular complexity index is 388. The molecule has 1 aromatic carbocycles. The summed E-state index contributed by atoms with van der Waals surface area (Å²) in [5.41, 5.74) is 7.41. The van der Waals surface area contributed by atoms with Gasteiger partial charge in [-0.3, -0.25) is 4.79 Å². The van der Waals surface area contributed by atoms with Gasteiger partial charge >= 0.3 is 5.97 Å². The number of hydrogen-bond acceptors (Lipinski definition) is 4. The highest BCUT2D eigenvalue weighted by Crippen LogP contribution is 2.26. The molecule has 0 radical (unpaired) electrons. The number of rotatable bonds is 5. The topological polar surface area (TPSA) is 61.5 Å². The lowest BCUT2D eigenvalue weighted by Crippen LogP contribution is -2.10. The molecule has 0 aliphatic rings. The van der Waals surface area contributed by atoms with Gasteiger partial charge in [-0.2, -0.15) is 0 Å². The van der Waals surface area contributed by atoms with Gasteiger partial charge < -0.3 is 15.2 Å². The van der Waals surface area contributed by atoms with Gasteiger partial charge in [0.1, 0.15) is 5.75 Å². The summed E-state index contributed by atoms with van der Waals surface area (Å²) in [6.45, 7) is 3.90. The maximum Gasteiger partial charge on any atom is 0.305 e. The van der Waals surface area contributed by atoms with Gasteiger partial charge in [0.25, 0.3) is 0 Å². The van der Waals surface area contributed by atoms with E-state index >= 15 is 0 Å². The van der Waals surface area contributed by atoms with E-state index in [9.17, 15) is 4.79 Å². The molecule has 4 nitrogen and oxygen atoms in total. The Kier molecular flexibility index (Phi) is 4.82. The maximum atomic E-state index is 11.1. The highest BCUT2D eigenvalue weighted by Gasteiger charge is 2.11. The van der Waals surface area contributed by atoms with Crippen molar-refractivity contribution in [2.75, 3.05) is 12.8 Å². The standard InChI is InChI=1S/C13H19NO3/c1-9(2)17-12-6-4-5-11(14)10(12)7-8-13(15)16-3/h4-6,9H,7-8,14H2,1-3H3. The predicted molar refractivity (Wildman–Crippen MR) is 67.0 cm³/mol. The Labute approximate surface area is 102 Å². The molecular formula is C13H19NO3. The first-order chi connectivity index (χ1) is 8.04. The fourth-order valence-electron chi connectivity index (χ4n) is 1.54. The number of nitrogens with two attached hydrogens (primary N) is 1. The summed E-state index contributed by atoms with van der Waals surface area (Å²) in [7, 11) is 1.38. The van der Waals surface area contributed by atoms with Crippen molar-refractivity contribution in [3.8, 4) is 5.75 Å². The molecule has 0 aromatic heterocycles. The van der Waals surface area contributed by atoms with Crippen LogP contribution in [-0.2, 0) is 16.0 Å². The molecule has 17 heavy (non-hydrogen) atoms. The summed E-state index contributed by atoms with van der Waals surface area (Å²) >= 11 is 0. The molecule has 1 aromatic rings. The Morgan fingerprint density at radius 1 is 1.41 bits per heavy atom. The zero-order valence-corrected chi connectivity index (χ0v) is 10.5. The molecule has 0 saturated carbocycles. The van der Waals surface area contributed by atoms with Crippen LogP contribution >= 0.6 is 0 Å². The Hall–Kier alpha value is -1.71. The number of ether oxygens (including phenoxy) is 2. The van der Waals surface area contributed by atoms with Gasteiger partial charge in [0.15, 0.2) is 0 Å². The average Bonchev–Trinajstić information content (AvgIpc) is 2.27. The van der Waals surface area contributed by atoms with E-state index in [2.05, 4.69) is 4.74 Å². The zero-order valence-electron chi connectivity index (χ0n) is 10.5. The second-order valence-corrected chi connectivity index (χ2v) is 4.07. The van der Waals surface area contributed by atoms with E-state index in [4.69, 9.17) is 10.5 Å². The molecular weight excluding hydrogens is 218 g/mol. The van der Waals surface area contributed by atoms with Crippen molar-refractivity contribution in [3.05, 3.63) is 23.8 Å². The second kappa shape index (κ2) is 6.13. The molecule has 2 N–H and O–H groups in total. The minimum Gasteiger partial charge on any atom is -0.491 e. The monoisotopic (exact) mass is 237 g/mol. The summed E-state index contributed by atoms with van der Waals surface area (Å²) in [6.07, 6.45) is 0.911. The molecule has 0 bridgehead atoms. The van der Waals surface area contributed by atoms with E-state index in [1.54, 1.807) is 6.07 Å². The molecule has 0 amide bonds. The minimum absolute atomic E-state index is 0.0775. The van der Waals surface area contributed by atoms with Crippen molar-refractivity contribution in [2.45, 2.75) is 32.8 Å². The first-order valence-corrected chi connectivity index (χ1v) is 5.65. The summed E-state index contributed by atoms with van der Waals surface area (Å²) in [6, 6.07) is 5.51. The zero-order chi connectivity index (χ0) is 12.8. The molecule has 0 saturated heterocycles. The quantitative estimate of drug-likeness (QED) is 0.629. The summed E-state index contributed by atoms with van der Waals surface area (Å²) < 4.78 is 10.3. The fraction of sp³-hybridized carbons (Fsp3) is 0.462. The lowest BCUT2D eigenvalue weighted by Gasteiger charge is -2.15. The number of carbonyl (C=O) groups is 1. The third kappa shape index (κ3) is 3.98. The molecule has 4 heteroatoms. The van der Waals surface area contributed by atoms with E-state index < -0.39 is 0 Å². The van der Waals surface area contributed by atoms with Gasteiger partial charge in [0.05, 0.1) is 13.2 Å². The van der Waals surface area contributed by atoms with Gasteiger partial charge in [-0.15, -0.1) is 0 Å². The largest absolute Gasteiger partial charge is 0.491 e. The first-order valence-electron chi connectivity index (χ1n) is 5.65. The smallest absolute Gasteiger partial charge is 0.305 e. The molecule has 0 fully saturated rings. The average molecular weight is 237 g/mol. The van der Waals surface area contributed by atoms with Crippen molar-refractivity contribution < 1.29 is 14.3 Å². The summed E-state index contributed by atoms with van der Waals surface area (Å²) in [5, 5.41) is 0. The number of nitrogen functional groups attached to an aromatic ring is 1. The van der Waals surface area contributed by atoms with E-state index in [0.717, 1.165) is 11.3 Å². The number of anilines is 1. The van der Waals surface area contributed by atoms with Crippen LogP contribution in [0.1, 0.15) is 25.8 Å². The predicted octanol–water partition coefficient (Wildman–Crippen LogP) is 2.16. The summed E-state index contributed by atoms with van der Waals surface area (Å²) in [5.74, 6) is 0.493. The van der Waals surface area contributed by atoms with Crippen molar-refractivity contribution in [1.82, 2.24) is 0 Å². The Morgan fingerprint density at radius 3 is 2.71 bits per heavy atom. The van der Waals surface area contributed by atoms with Crippen LogP contribution in [0.25, 0.3) is 0 Å². The van der Waals surface area contributed by atoms with Crippen LogP contribution in [0.15, 0.2) is 18.2 Å². The lowest BCUT2D eigenvalue weighted by molar-refractivity contribution is -0.140. The SMILES string of the molecule is COC(=O)CCc1c(N)cccc1OC(C)C. The van der Waals surface area contributed by atoms with E-state index in [1.165, 1.54) is 7.11 Å². The Morgan fingerprint density at radius 2 is 2.12 bits per heavy atom. The molecule has 0 aliphatic carbocycles. The third-order valence-electron chi connectivity index (χ3n) is 2.34. The van der Waals surface area contributed by atoms with Crippen LogP contribution in [-0.4, -0.2) is 19.2 Å². The van der Waals surface area contributed by atoms with E-state index in [-0.39, 0.29) is 12.1 Å². The number of carbonyl (C=O) groups excluding carboxylic acids is 1. The highest BCUT2D eigenvalue weighted by atomic mass is 16.5. The molecule has 0 heterocycles. The molecule has 0 unspecified atom stereocenters. The van der Waals surface area contributed by atoms with Gasteiger partial charge in [-0.1, -0.05) is 6.07 Å². The molecule has 0 spiro atoms. The van der Waals surface area contributed by atoms with Crippen LogP contribution in [0.5, 0.6) is 5.75 Å². The van der Waals surface area contributed by atoms with Crippen LogP contribution in [0.2, 0.25) is 0 Å². The van der Waals surface area contributed by atoms with Crippen molar-refractivity contribution in [2.24, 2.45) is 0 Å². The third-order valence-corrected chi connectivity index (χ3v) is 2.34. The summed E-state index contributed by atoms with van der Waals surface area (Å²) in [4.78, 5) is 11.1. The van der Waals surface area contributed by atoms with Gasteiger partial charge in [-0.25, -0.2) is 0 Å². The van der Waals surface area contributed by atoms with E-state index in [1.807, 2.05) is 26.0 Å². The van der Waals surface area contributed by atoms with Gasteiger partial charge in [0.2, 0.25) is 0 Å². The van der Waals surface area contributed by atoms with Crippen molar-refractivity contribution in [1.29, 1.82) is 0 Å². The van der Waals surface area contributed by atoms with Crippen LogP contribution < -0.4 is 10.5 Å². The number of esters is 1. The number of methoxy groups -OCH3 is 1. The number of benzene rings is 1. The van der Waals surface area contributed by atoms with Crippen LogP contribution in [0, 0.1) is 0 Å². The van der Waals surface area contributed by atoms with Crippen molar-refractivity contribution >= 4 is 11.7 Å². The maximum absolute atomic E-state index is 11.1. The molecule has 0 aliphatic heterocycles. The van der Waals surface area contributed by atoms with Crippen LogP contribution in [0.4, 0.5) is 5.69 Å². The normalized spacial score (nSPS) is 10.4.